The number of fused-ring (bicyclic) bond motifs is 4. The topological polar surface area (TPSA) is 53.6 Å². The summed E-state index contributed by atoms with van der Waals surface area (Å²) in [5, 5.41) is 1.18. The lowest BCUT2D eigenvalue weighted by Crippen LogP contribution is -2.28. The monoisotopic (exact) mass is 311 g/mol. The lowest BCUT2D eigenvalue weighted by atomic mass is 9.97. The van der Waals surface area contributed by atoms with Crippen LogP contribution in [-0.4, -0.2) is 17.3 Å². The van der Waals surface area contributed by atoms with Gasteiger partial charge in [-0.15, -0.1) is 0 Å². The first kappa shape index (κ1) is 13.9. The second-order valence-electron chi connectivity index (χ2n) is 6.28. The smallest absolute Gasteiger partial charge is 0.210 e. The molecule has 4 rings (SSSR count). The Labute approximate surface area is 132 Å². The molecule has 5 heteroatoms. The summed E-state index contributed by atoms with van der Waals surface area (Å²) in [7, 11) is 3.47. The number of aryl methyl sites for hydroxylation is 1. The van der Waals surface area contributed by atoms with Crippen molar-refractivity contribution in [3.8, 4) is 11.5 Å². The molecule has 118 valence electrons. The van der Waals surface area contributed by atoms with E-state index < -0.39 is 5.60 Å². The maximum absolute atomic E-state index is 12.9. The minimum absolute atomic E-state index is 0.0614. The fourth-order valence-electron chi connectivity index (χ4n) is 3.12. The number of benzene rings is 1. The Morgan fingerprint density at radius 2 is 2.09 bits per heavy atom. The zero-order chi connectivity index (χ0) is 16.4. The number of ether oxygens (including phenoxy) is 2. The Balaban J connectivity index is 2.24. The van der Waals surface area contributed by atoms with Gasteiger partial charge in [0.25, 0.3) is 0 Å². The lowest BCUT2D eigenvalue weighted by Gasteiger charge is -2.29. The van der Waals surface area contributed by atoms with Crippen LogP contribution in [-0.2, 0) is 7.05 Å². The largest absolute Gasteiger partial charge is 0.493 e. The van der Waals surface area contributed by atoms with E-state index in [1.165, 1.54) is 6.26 Å². The molecule has 0 radical (unpaired) electrons. The van der Waals surface area contributed by atoms with Gasteiger partial charge in [-0.1, -0.05) is 6.08 Å². The summed E-state index contributed by atoms with van der Waals surface area (Å²) < 4.78 is 18.9. The predicted molar refractivity (Wildman–Crippen MR) is 89.3 cm³/mol. The van der Waals surface area contributed by atoms with Crippen molar-refractivity contribution < 1.29 is 13.9 Å². The minimum atomic E-state index is -0.446. The molecule has 0 bridgehead atoms. The highest BCUT2D eigenvalue weighted by Gasteiger charge is 2.28. The fraction of sp³-hybridized carbons (Fsp3) is 0.278. The second-order valence-corrected chi connectivity index (χ2v) is 6.28. The van der Waals surface area contributed by atoms with Crippen LogP contribution in [0.2, 0.25) is 0 Å². The average molecular weight is 311 g/mol. The van der Waals surface area contributed by atoms with Crippen molar-refractivity contribution in [2.75, 3.05) is 7.11 Å². The van der Waals surface area contributed by atoms with Gasteiger partial charge >= 0.3 is 0 Å². The third-order valence-electron chi connectivity index (χ3n) is 4.28. The van der Waals surface area contributed by atoms with Gasteiger partial charge in [-0.2, -0.15) is 0 Å². The van der Waals surface area contributed by atoms with Crippen molar-refractivity contribution in [3.05, 3.63) is 40.3 Å². The summed E-state index contributed by atoms with van der Waals surface area (Å²) in [6.45, 7) is 3.93. The van der Waals surface area contributed by atoms with Crippen LogP contribution in [0.3, 0.4) is 0 Å². The van der Waals surface area contributed by atoms with E-state index >= 15 is 0 Å². The molecule has 0 spiro atoms. The van der Waals surface area contributed by atoms with Crippen LogP contribution in [0.25, 0.3) is 28.1 Å². The first-order valence-electron chi connectivity index (χ1n) is 7.42. The molecule has 0 saturated carbocycles. The first-order chi connectivity index (χ1) is 10.9. The van der Waals surface area contributed by atoms with Crippen LogP contribution in [0, 0.1) is 0 Å². The third-order valence-corrected chi connectivity index (χ3v) is 4.28. The molecule has 3 heterocycles. The van der Waals surface area contributed by atoms with E-state index in [4.69, 9.17) is 13.9 Å². The zero-order valence-electron chi connectivity index (χ0n) is 13.5. The quantitative estimate of drug-likeness (QED) is 0.690. The third kappa shape index (κ3) is 1.82. The summed E-state index contributed by atoms with van der Waals surface area (Å²) in [4.78, 5) is 12.9. The Bertz CT molecular complexity index is 1040. The number of hydrogen-bond acceptors (Lipinski definition) is 4. The molecular weight excluding hydrogens is 294 g/mol. The van der Waals surface area contributed by atoms with Crippen molar-refractivity contribution >= 4 is 28.1 Å². The molecule has 0 unspecified atom stereocenters. The predicted octanol–water partition coefficient (Wildman–Crippen LogP) is 3.48. The van der Waals surface area contributed by atoms with E-state index in [9.17, 15) is 4.79 Å². The van der Waals surface area contributed by atoms with Gasteiger partial charge in [0.1, 0.15) is 5.60 Å². The highest BCUT2D eigenvalue weighted by molar-refractivity contribution is 5.99. The number of pyridine rings is 1. The molecule has 0 aliphatic carbocycles. The van der Waals surface area contributed by atoms with Crippen LogP contribution in [0.1, 0.15) is 19.4 Å². The van der Waals surface area contributed by atoms with Crippen LogP contribution in [0.15, 0.2) is 33.7 Å². The number of methoxy groups -OCH3 is 1. The summed E-state index contributed by atoms with van der Waals surface area (Å²) in [5.41, 5.74) is 1.54. The Hall–Kier alpha value is -2.69. The van der Waals surface area contributed by atoms with Gasteiger partial charge < -0.3 is 18.5 Å². The molecule has 0 atom stereocenters. The molecule has 3 aromatic rings. The van der Waals surface area contributed by atoms with Crippen LogP contribution < -0.4 is 14.9 Å². The maximum atomic E-state index is 12.9. The van der Waals surface area contributed by atoms with Crippen molar-refractivity contribution in [3.63, 3.8) is 0 Å². The number of hydrogen-bond donors (Lipinski definition) is 0. The van der Waals surface area contributed by atoms with Crippen molar-refractivity contribution in [2.45, 2.75) is 19.4 Å². The highest BCUT2D eigenvalue weighted by atomic mass is 16.5. The molecular formula is C18H17NO4. The highest BCUT2D eigenvalue weighted by Crippen LogP contribution is 2.42. The van der Waals surface area contributed by atoms with Gasteiger partial charge in [0.2, 0.25) is 11.1 Å². The molecule has 1 aliphatic heterocycles. The summed E-state index contributed by atoms with van der Waals surface area (Å²) in [6.07, 6.45) is 5.42. The molecule has 0 amide bonds. The number of rotatable bonds is 1. The minimum Gasteiger partial charge on any atom is -0.493 e. The zero-order valence-corrected chi connectivity index (χ0v) is 13.5. The van der Waals surface area contributed by atoms with Crippen LogP contribution in [0.5, 0.6) is 11.5 Å². The normalized spacial score (nSPS) is 15.7. The molecule has 0 fully saturated rings. The van der Waals surface area contributed by atoms with E-state index in [-0.39, 0.29) is 5.43 Å². The molecule has 2 aromatic heterocycles. The second kappa shape index (κ2) is 4.41. The van der Waals surface area contributed by atoms with Gasteiger partial charge in [-0.25, -0.2) is 0 Å². The lowest BCUT2D eigenvalue weighted by molar-refractivity contribution is 0.152. The summed E-state index contributed by atoms with van der Waals surface area (Å²) >= 11 is 0. The molecule has 0 N–H and O–H groups in total. The van der Waals surface area contributed by atoms with Gasteiger partial charge in [0, 0.05) is 18.7 Å². The van der Waals surface area contributed by atoms with Gasteiger partial charge in [-0.05, 0) is 26.0 Å². The Kier molecular flexibility index (Phi) is 2.67. The maximum Gasteiger partial charge on any atom is 0.210 e. The van der Waals surface area contributed by atoms with E-state index in [1.54, 1.807) is 13.2 Å². The van der Waals surface area contributed by atoms with Crippen molar-refractivity contribution in [2.24, 2.45) is 7.05 Å². The molecule has 5 nitrogen and oxygen atoms in total. The molecule has 1 aromatic carbocycles. The summed E-state index contributed by atoms with van der Waals surface area (Å²) in [6, 6.07) is 3.53. The Morgan fingerprint density at radius 3 is 2.83 bits per heavy atom. The van der Waals surface area contributed by atoms with Crippen LogP contribution in [0.4, 0.5) is 0 Å². The molecule has 0 saturated heterocycles. The van der Waals surface area contributed by atoms with E-state index in [0.29, 0.717) is 28.0 Å². The van der Waals surface area contributed by atoms with Crippen LogP contribution >= 0.6 is 0 Å². The van der Waals surface area contributed by atoms with E-state index in [1.807, 2.05) is 43.7 Å². The average Bonchev–Trinajstić information content (AvgIpc) is 3.00. The number of aromatic nitrogens is 1. The van der Waals surface area contributed by atoms with Gasteiger partial charge in [0.15, 0.2) is 11.5 Å². The number of nitrogens with zero attached hydrogens (tertiary/aromatic N) is 1. The first-order valence-corrected chi connectivity index (χ1v) is 7.42. The summed E-state index contributed by atoms with van der Waals surface area (Å²) in [5.74, 6) is 1.21. The van der Waals surface area contributed by atoms with Gasteiger partial charge in [-0.3, -0.25) is 4.79 Å². The van der Waals surface area contributed by atoms with E-state index in [2.05, 4.69) is 0 Å². The standard InChI is InChI=1S/C18H17NO4/c1-18(2)7-5-10-14-12(9-13(21-4)16(10)23-18)19(3)17-11(15(14)20)6-8-22-17/h5-9H,1-4H3. The Morgan fingerprint density at radius 1 is 1.30 bits per heavy atom. The molecule has 23 heavy (non-hydrogen) atoms. The number of furan rings is 1. The van der Waals surface area contributed by atoms with Crippen molar-refractivity contribution in [1.82, 2.24) is 4.57 Å². The van der Waals surface area contributed by atoms with E-state index in [0.717, 1.165) is 11.1 Å². The molecule has 1 aliphatic rings. The van der Waals surface area contributed by atoms with Crippen molar-refractivity contribution in [1.29, 1.82) is 0 Å². The van der Waals surface area contributed by atoms with Gasteiger partial charge in [0.05, 0.1) is 29.7 Å². The SMILES string of the molecule is COc1cc2c(c3c1OC(C)(C)C=C3)c(=O)c1ccoc1n2C. The fourth-order valence-corrected chi connectivity index (χ4v) is 3.12.